The Morgan fingerprint density at radius 2 is 1.90 bits per heavy atom. The lowest BCUT2D eigenvalue weighted by atomic mass is 10.0. The standard InChI is InChI=1S/C23H30N6O/c1-17-15-18(16-29-14-9-25-22(17)29)20-3-4-21(26-23(20)30-2)28-10-5-19(6-11-28)27-12-7-24-8-13-27/h3-4,9,14-16,19,24H,5-8,10-13H2,1-2H3. The molecule has 0 radical (unpaired) electrons. The Bertz CT molecular complexity index is 1020. The minimum Gasteiger partial charge on any atom is -0.480 e. The fraction of sp³-hybridized carbons (Fsp3) is 0.478. The van der Waals surface area contributed by atoms with E-state index in [1.165, 1.54) is 25.9 Å². The summed E-state index contributed by atoms with van der Waals surface area (Å²) in [6.07, 6.45) is 8.29. The molecule has 0 aromatic carbocycles. The molecule has 30 heavy (non-hydrogen) atoms. The number of imidazole rings is 1. The van der Waals surface area contributed by atoms with Crippen LogP contribution in [0.4, 0.5) is 5.82 Å². The zero-order chi connectivity index (χ0) is 20.5. The van der Waals surface area contributed by atoms with Gasteiger partial charge < -0.3 is 19.4 Å². The van der Waals surface area contributed by atoms with Gasteiger partial charge in [-0.3, -0.25) is 4.90 Å². The molecule has 3 aromatic heterocycles. The van der Waals surface area contributed by atoms with Crippen LogP contribution in [0.15, 0.2) is 36.8 Å². The van der Waals surface area contributed by atoms with Gasteiger partial charge in [-0.2, -0.15) is 4.98 Å². The van der Waals surface area contributed by atoms with Gasteiger partial charge in [0.15, 0.2) is 0 Å². The van der Waals surface area contributed by atoms with E-state index in [-0.39, 0.29) is 0 Å². The van der Waals surface area contributed by atoms with E-state index in [9.17, 15) is 0 Å². The third kappa shape index (κ3) is 3.63. The molecule has 0 saturated carbocycles. The summed E-state index contributed by atoms with van der Waals surface area (Å²) in [5.74, 6) is 1.69. The van der Waals surface area contributed by atoms with E-state index in [4.69, 9.17) is 9.72 Å². The number of fused-ring (bicyclic) bond motifs is 1. The predicted octanol–water partition coefficient (Wildman–Crippen LogP) is 2.59. The van der Waals surface area contributed by atoms with Crippen LogP contribution in [0.1, 0.15) is 18.4 Å². The quantitative estimate of drug-likeness (QED) is 0.719. The van der Waals surface area contributed by atoms with Crippen LogP contribution in [-0.4, -0.2) is 71.7 Å². The number of nitrogens with one attached hydrogen (secondary N) is 1. The van der Waals surface area contributed by atoms with Gasteiger partial charge in [0.1, 0.15) is 11.5 Å². The average molecular weight is 407 g/mol. The SMILES string of the molecule is COc1nc(N2CCC(N3CCNCC3)CC2)ccc1-c1cc(C)c2nccn2c1. The maximum atomic E-state index is 5.70. The summed E-state index contributed by atoms with van der Waals surface area (Å²) in [5.41, 5.74) is 4.22. The molecule has 2 aliphatic rings. The van der Waals surface area contributed by atoms with Crippen molar-refractivity contribution in [2.24, 2.45) is 0 Å². The van der Waals surface area contributed by atoms with Crippen LogP contribution in [-0.2, 0) is 0 Å². The fourth-order valence-electron chi connectivity index (χ4n) is 4.84. The fourth-order valence-corrected chi connectivity index (χ4v) is 4.84. The van der Waals surface area contributed by atoms with Crippen LogP contribution < -0.4 is 15.0 Å². The molecule has 2 fully saturated rings. The molecule has 3 aromatic rings. The van der Waals surface area contributed by atoms with Crippen molar-refractivity contribution in [3.63, 3.8) is 0 Å². The Hall–Kier alpha value is -2.64. The highest BCUT2D eigenvalue weighted by atomic mass is 16.5. The third-order valence-electron chi connectivity index (χ3n) is 6.48. The van der Waals surface area contributed by atoms with Gasteiger partial charge in [0, 0.05) is 75.0 Å². The first-order chi connectivity index (χ1) is 14.7. The van der Waals surface area contributed by atoms with Gasteiger partial charge in [-0.25, -0.2) is 4.98 Å². The van der Waals surface area contributed by atoms with E-state index >= 15 is 0 Å². The van der Waals surface area contributed by atoms with Crippen molar-refractivity contribution < 1.29 is 4.74 Å². The number of nitrogens with zero attached hydrogens (tertiary/aromatic N) is 5. The van der Waals surface area contributed by atoms with Gasteiger partial charge >= 0.3 is 0 Å². The van der Waals surface area contributed by atoms with E-state index < -0.39 is 0 Å². The number of hydrogen-bond acceptors (Lipinski definition) is 6. The Morgan fingerprint density at radius 3 is 2.67 bits per heavy atom. The summed E-state index contributed by atoms with van der Waals surface area (Å²) in [6.45, 7) is 8.75. The minimum absolute atomic E-state index is 0.676. The zero-order valence-corrected chi connectivity index (χ0v) is 17.8. The van der Waals surface area contributed by atoms with Crippen molar-refractivity contribution in [3.8, 4) is 17.0 Å². The number of methoxy groups -OCH3 is 1. The molecule has 2 saturated heterocycles. The molecule has 158 valence electrons. The van der Waals surface area contributed by atoms with Crippen LogP contribution >= 0.6 is 0 Å². The molecule has 0 aliphatic carbocycles. The number of anilines is 1. The molecule has 7 nitrogen and oxygen atoms in total. The molecule has 0 spiro atoms. The van der Waals surface area contributed by atoms with Crippen molar-refractivity contribution in [3.05, 3.63) is 42.4 Å². The smallest absolute Gasteiger partial charge is 0.223 e. The molecule has 0 bridgehead atoms. The van der Waals surface area contributed by atoms with Crippen molar-refractivity contribution >= 4 is 11.5 Å². The van der Waals surface area contributed by atoms with E-state index in [2.05, 4.69) is 55.8 Å². The van der Waals surface area contributed by atoms with Crippen LogP contribution in [0.2, 0.25) is 0 Å². The van der Waals surface area contributed by atoms with Gasteiger partial charge in [-0.15, -0.1) is 0 Å². The van der Waals surface area contributed by atoms with E-state index in [1.807, 2.05) is 12.4 Å². The van der Waals surface area contributed by atoms with Crippen molar-refractivity contribution in [2.45, 2.75) is 25.8 Å². The highest BCUT2D eigenvalue weighted by molar-refractivity contribution is 5.72. The normalized spacial score (nSPS) is 18.8. The van der Waals surface area contributed by atoms with Crippen LogP contribution in [0.25, 0.3) is 16.8 Å². The number of hydrogen-bond donors (Lipinski definition) is 1. The highest BCUT2D eigenvalue weighted by Gasteiger charge is 2.26. The number of aryl methyl sites for hydroxylation is 1. The first-order valence-electron chi connectivity index (χ1n) is 10.9. The molecule has 5 heterocycles. The Morgan fingerprint density at radius 1 is 1.10 bits per heavy atom. The van der Waals surface area contributed by atoms with Crippen LogP contribution in [0, 0.1) is 6.92 Å². The molecule has 0 atom stereocenters. The molecular formula is C23H30N6O. The maximum Gasteiger partial charge on any atom is 0.223 e. The number of rotatable bonds is 4. The molecule has 2 aliphatic heterocycles. The number of aromatic nitrogens is 3. The van der Waals surface area contributed by atoms with Gasteiger partial charge in [0.25, 0.3) is 0 Å². The topological polar surface area (TPSA) is 57.9 Å². The van der Waals surface area contributed by atoms with Crippen LogP contribution in [0.5, 0.6) is 5.88 Å². The Balaban J connectivity index is 1.35. The van der Waals surface area contributed by atoms with Gasteiger partial charge in [0.2, 0.25) is 5.88 Å². The summed E-state index contributed by atoms with van der Waals surface area (Å²) in [7, 11) is 1.70. The van der Waals surface area contributed by atoms with Gasteiger partial charge in [0.05, 0.1) is 7.11 Å². The van der Waals surface area contributed by atoms with Gasteiger partial charge in [-0.05, 0) is 43.5 Å². The zero-order valence-electron chi connectivity index (χ0n) is 17.8. The summed E-state index contributed by atoms with van der Waals surface area (Å²) in [5, 5.41) is 3.45. The van der Waals surface area contributed by atoms with Crippen LogP contribution in [0.3, 0.4) is 0 Å². The third-order valence-corrected chi connectivity index (χ3v) is 6.48. The summed E-state index contributed by atoms with van der Waals surface area (Å²) in [4.78, 5) is 14.3. The largest absolute Gasteiger partial charge is 0.480 e. The molecule has 0 amide bonds. The molecule has 7 heteroatoms. The van der Waals surface area contributed by atoms with E-state index in [1.54, 1.807) is 7.11 Å². The second-order valence-corrected chi connectivity index (χ2v) is 8.30. The lowest BCUT2D eigenvalue weighted by Gasteiger charge is -2.40. The summed E-state index contributed by atoms with van der Waals surface area (Å²) >= 11 is 0. The summed E-state index contributed by atoms with van der Waals surface area (Å²) < 4.78 is 7.76. The Labute approximate surface area is 177 Å². The maximum absolute atomic E-state index is 5.70. The second-order valence-electron chi connectivity index (χ2n) is 8.30. The lowest BCUT2D eigenvalue weighted by Crippen LogP contribution is -2.52. The Kier molecular flexibility index (Phi) is 5.31. The molecular weight excluding hydrogens is 376 g/mol. The minimum atomic E-state index is 0.676. The van der Waals surface area contributed by atoms with E-state index in [0.29, 0.717) is 11.9 Å². The number of piperazine rings is 1. The summed E-state index contributed by atoms with van der Waals surface area (Å²) in [6, 6.07) is 7.13. The molecule has 0 unspecified atom stereocenters. The monoisotopic (exact) mass is 406 g/mol. The predicted molar refractivity (Wildman–Crippen MR) is 119 cm³/mol. The first-order valence-corrected chi connectivity index (χ1v) is 10.9. The van der Waals surface area contributed by atoms with Crippen molar-refractivity contribution in [2.75, 3.05) is 51.3 Å². The number of piperidine rings is 1. The van der Waals surface area contributed by atoms with Crippen molar-refractivity contribution in [1.82, 2.24) is 24.6 Å². The average Bonchev–Trinajstić information content (AvgIpc) is 3.29. The van der Waals surface area contributed by atoms with E-state index in [0.717, 1.165) is 54.3 Å². The highest BCUT2D eigenvalue weighted by Crippen LogP contribution is 2.32. The molecule has 5 rings (SSSR count). The molecule has 1 N–H and O–H groups in total. The second kappa shape index (κ2) is 8.24. The first kappa shape index (κ1) is 19.3. The van der Waals surface area contributed by atoms with Gasteiger partial charge in [-0.1, -0.05) is 0 Å². The number of pyridine rings is 2. The number of ether oxygens (including phenoxy) is 1. The van der Waals surface area contributed by atoms with Crippen molar-refractivity contribution in [1.29, 1.82) is 0 Å². The lowest BCUT2D eigenvalue weighted by molar-refractivity contribution is 0.150.